The van der Waals surface area contributed by atoms with Crippen molar-refractivity contribution in [3.8, 4) is 22.3 Å². The molecule has 10 aromatic carbocycles. The Balaban J connectivity index is 1.08. The summed E-state index contributed by atoms with van der Waals surface area (Å²) in [4.78, 5) is 8.33. The molecule has 10 aromatic rings. The van der Waals surface area contributed by atoms with Crippen molar-refractivity contribution in [1.29, 1.82) is 0 Å². The van der Waals surface area contributed by atoms with Crippen molar-refractivity contribution >= 4 is 68.6 Å². The topological polar surface area (TPSA) is 9.72 Å². The molecular weight excluding hydrogens is 1060 g/mol. The Morgan fingerprint density at radius 2 is 0.898 bits per heavy atom. The first-order valence-electron chi connectivity index (χ1n) is 32.6. The Morgan fingerprint density at radius 3 is 1.48 bits per heavy atom. The fourth-order valence-electron chi connectivity index (χ4n) is 17.3. The van der Waals surface area contributed by atoms with Gasteiger partial charge in [-0.15, -0.1) is 0 Å². The highest BCUT2D eigenvalue weighted by atomic mass is 15.3. The van der Waals surface area contributed by atoms with E-state index in [1.165, 1.54) is 140 Å². The molecule has 436 valence electrons. The molecule has 3 unspecified atom stereocenters. The average Bonchev–Trinajstić information content (AvgIpc) is 1.33. The molecule has 4 aliphatic heterocycles. The Kier molecular flexibility index (Phi) is 11.6. The lowest BCUT2D eigenvalue weighted by molar-refractivity contribution is 0.281. The van der Waals surface area contributed by atoms with E-state index in [4.69, 9.17) is 0 Å². The highest BCUT2D eigenvalue weighted by Gasteiger charge is 2.63. The van der Waals surface area contributed by atoms with E-state index in [-0.39, 0.29) is 44.7 Å². The van der Waals surface area contributed by atoms with Crippen LogP contribution in [0.15, 0.2) is 212 Å². The fourth-order valence-corrected chi connectivity index (χ4v) is 17.3. The molecule has 2 aliphatic carbocycles. The maximum absolute atomic E-state index is 2.87. The van der Waals surface area contributed by atoms with Crippen LogP contribution in [-0.2, 0) is 45.3 Å². The standard InChI is InChI=1S/C84H82BN3/c1-78(2,3)58-34-38-70(63(43-58)53-25-17-14-18-26-53)86-72-40-36-62-48-68(72)85-69-49-67-66(50-74(69)87(76-47-61(80(7,8)9)46-75(86)77(76)85)71-39-35-59(79(4,5)6)44-64(71)54-27-19-15-20-28-54)81(10,11)41-42-82(67,12)60-33-37-65-73(45-60)88(62)83(13)51-55-29-23-24-30-56(55)52-84(65,83)57-31-21-16-22-32-57/h14-40,43-50H,41-42,51-52H2,1-13H3. The minimum Gasteiger partial charge on any atom is -0.334 e. The van der Waals surface area contributed by atoms with Crippen molar-refractivity contribution in [2.45, 2.75) is 154 Å². The molecule has 0 fully saturated rings. The monoisotopic (exact) mass is 1140 g/mol. The fraction of sp³-hybridized carbons (Fsp3) is 0.286. The van der Waals surface area contributed by atoms with E-state index in [1.807, 2.05) is 0 Å². The van der Waals surface area contributed by atoms with Crippen LogP contribution in [0.4, 0.5) is 45.5 Å². The summed E-state index contributed by atoms with van der Waals surface area (Å²) in [6, 6.07) is 84.4. The molecule has 0 N–H and O–H groups in total. The van der Waals surface area contributed by atoms with Gasteiger partial charge in [-0.3, -0.25) is 0 Å². The van der Waals surface area contributed by atoms with Crippen LogP contribution in [0.2, 0.25) is 0 Å². The summed E-state index contributed by atoms with van der Waals surface area (Å²) in [5, 5.41) is 0. The number of rotatable bonds is 5. The largest absolute Gasteiger partial charge is 0.334 e. The van der Waals surface area contributed by atoms with Gasteiger partial charge in [-0.1, -0.05) is 229 Å². The van der Waals surface area contributed by atoms with E-state index >= 15 is 0 Å². The number of fused-ring (bicyclic) bond motifs is 8. The SMILES string of the molecule is CC(C)(C)c1ccc(N2c3ccc4cc3B3c5cc6c(cc5N(c5ccc(C(C)(C)C)cc5-c5ccccc5)c5cc(C(C)(C)C)cc2c53)C(C)(C)CCC6(C)c2ccc3c(c2)N4C2(C)Cc4ccccc4CC32c2ccccc2)c(-c2ccccc2)c1. The van der Waals surface area contributed by atoms with Crippen molar-refractivity contribution in [1.82, 2.24) is 0 Å². The summed E-state index contributed by atoms with van der Waals surface area (Å²) in [5.74, 6) is 0. The molecule has 4 heterocycles. The number of hydrogen-bond donors (Lipinski definition) is 0. The molecule has 0 saturated heterocycles. The Labute approximate surface area is 524 Å². The minimum absolute atomic E-state index is 0.0655. The Morgan fingerprint density at radius 1 is 0.375 bits per heavy atom. The second kappa shape index (κ2) is 18.6. The van der Waals surface area contributed by atoms with Gasteiger partial charge in [0.15, 0.2) is 0 Å². The van der Waals surface area contributed by atoms with Crippen LogP contribution in [0.3, 0.4) is 0 Å². The number of benzene rings is 10. The number of anilines is 8. The van der Waals surface area contributed by atoms with Crippen molar-refractivity contribution in [2.24, 2.45) is 0 Å². The third-order valence-corrected chi connectivity index (χ3v) is 22.4. The molecule has 6 bridgehead atoms. The third kappa shape index (κ3) is 7.75. The summed E-state index contributed by atoms with van der Waals surface area (Å²) >= 11 is 0. The molecule has 16 rings (SSSR count). The molecule has 6 aliphatic rings. The van der Waals surface area contributed by atoms with Crippen LogP contribution >= 0.6 is 0 Å². The van der Waals surface area contributed by atoms with Gasteiger partial charge in [0, 0.05) is 56.1 Å². The average molecular weight is 1140 g/mol. The van der Waals surface area contributed by atoms with Gasteiger partial charge in [-0.2, -0.15) is 0 Å². The van der Waals surface area contributed by atoms with E-state index in [0.717, 1.165) is 25.7 Å². The van der Waals surface area contributed by atoms with Crippen LogP contribution in [0.1, 0.15) is 158 Å². The molecule has 4 heteroatoms. The van der Waals surface area contributed by atoms with E-state index in [2.05, 4.69) is 317 Å². The predicted octanol–water partition coefficient (Wildman–Crippen LogP) is 19.7. The van der Waals surface area contributed by atoms with E-state index in [0.29, 0.717) is 0 Å². The second-order valence-corrected chi connectivity index (χ2v) is 31.1. The lowest BCUT2D eigenvalue weighted by Crippen LogP contribution is -2.62. The molecule has 3 atom stereocenters. The number of nitrogens with zero attached hydrogens (tertiary/aromatic N) is 3. The van der Waals surface area contributed by atoms with Crippen LogP contribution in [0.25, 0.3) is 22.3 Å². The summed E-state index contributed by atoms with van der Waals surface area (Å²) in [6.45, 7) is 31.5. The zero-order valence-corrected chi connectivity index (χ0v) is 54.0. The number of hydrogen-bond acceptors (Lipinski definition) is 3. The first-order valence-corrected chi connectivity index (χ1v) is 32.6. The van der Waals surface area contributed by atoms with Gasteiger partial charge in [0.05, 0.1) is 16.9 Å². The van der Waals surface area contributed by atoms with Gasteiger partial charge in [-0.05, 0) is 204 Å². The first-order chi connectivity index (χ1) is 42.0. The molecule has 3 nitrogen and oxygen atoms in total. The lowest BCUT2D eigenvalue weighted by Gasteiger charge is -2.53. The Hall–Kier alpha value is -8.34. The van der Waals surface area contributed by atoms with Crippen molar-refractivity contribution in [2.75, 3.05) is 14.7 Å². The van der Waals surface area contributed by atoms with Crippen molar-refractivity contribution < 1.29 is 0 Å². The van der Waals surface area contributed by atoms with Gasteiger partial charge in [0.1, 0.15) is 0 Å². The molecule has 0 saturated carbocycles. The van der Waals surface area contributed by atoms with E-state index in [9.17, 15) is 0 Å². The maximum atomic E-state index is 2.87. The van der Waals surface area contributed by atoms with Crippen LogP contribution in [0, 0.1) is 0 Å². The molecule has 0 spiro atoms. The highest BCUT2D eigenvalue weighted by Crippen LogP contribution is 2.64. The smallest absolute Gasteiger partial charge is 0.252 e. The van der Waals surface area contributed by atoms with Crippen molar-refractivity contribution in [3.63, 3.8) is 0 Å². The minimum atomic E-state index is -0.388. The van der Waals surface area contributed by atoms with Crippen LogP contribution < -0.4 is 31.1 Å². The first kappa shape index (κ1) is 55.0. The van der Waals surface area contributed by atoms with Gasteiger partial charge < -0.3 is 14.7 Å². The summed E-state index contributed by atoms with van der Waals surface area (Å²) in [7, 11) is 0. The molecule has 88 heavy (non-hydrogen) atoms. The summed E-state index contributed by atoms with van der Waals surface area (Å²) in [6.07, 6.45) is 3.95. The maximum Gasteiger partial charge on any atom is 0.252 e. The molecular formula is C84H82BN3. The lowest BCUT2D eigenvalue weighted by atomic mass is 9.33. The van der Waals surface area contributed by atoms with Gasteiger partial charge in [0.25, 0.3) is 6.71 Å². The van der Waals surface area contributed by atoms with Crippen LogP contribution in [-0.4, -0.2) is 12.3 Å². The van der Waals surface area contributed by atoms with E-state index < -0.39 is 0 Å². The summed E-state index contributed by atoms with van der Waals surface area (Å²) < 4.78 is 0. The van der Waals surface area contributed by atoms with Crippen LogP contribution in [0.5, 0.6) is 0 Å². The quantitative estimate of drug-likeness (QED) is 0.159. The zero-order chi connectivity index (χ0) is 60.8. The van der Waals surface area contributed by atoms with Gasteiger partial charge in [0.2, 0.25) is 0 Å². The Bertz CT molecular complexity index is 4540. The molecule has 0 radical (unpaired) electrons. The van der Waals surface area contributed by atoms with Gasteiger partial charge in [-0.25, -0.2) is 0 Å². The second-order valence-electron chi connectivity index (χ2n) is 31.1. The van der Waals surface area contributed by atoms with Crippen molar-refractivity contribution in [3.05, 3.63) is 268 Å². The molecule has 0 aromatic heterocycles. The molecule has 0 amide bonds. The normalized spacial score (nSPS) is 20.7. The van der Waals surface area contributed by atoms with Gasteiger partial charge >= 0.3 is 0 Å². The predicted molar refractivity (Wildman–Crippen MR) is 374 cm³/mol. The zero-order valence-electron chi connectivity index (χ0n) is 54.0. The highest BCUT2D eigenvalue weighted by molar-refractivity contribution is 7.00. The van der Waals surface area contributed by atoms with E-state index in [1.54, 1.807) is 0 Å². The summed E-state index contributed by atoms with van der Waals surface area (Å²) in [5.41, 5.74) is 31.5. The third-order valence-electron chi connectivity index (χ3n) is 22.4.